The van der Waals surface area contributed by atoms with Gasteiger partial charge in [0.2, 0.25) is 0 Å². The summed E-state index contributed by atoms with van der Waals surface area (Å²) in [4.78, 5) is 11.0. The predicted molar refractivity (Wildman–Crippen MR) is 69.0 cm³/mol. The molecule has 0 amide bonds. The number of hydrogen-bond donors (Lipinski definition) is 1. The Labute approximate surface area is 101 Å². The normalized spacial score (nSPS) is 17.3. The van der Waals surface area contributed by atoms with E-state index in [0.717, 1.165) is 24.6 Å². The molecule has 4 nitrogen and oxygen atoms in total. The summed E-state index contributed by atoms with van der Waals surface area (Å²) >= 11 is 2.05. The van der Waals surface area contributed by atoms with Crippen LogP contribution in [0.5, 0.6) is 0 Å². The number of hydrogen-bond acceptors (Lipinski definition) is 5. The number of nitrogens with one attached hydrogen (secondary N) is 1. The van der Waals surface area contributed by atoms with Crippen molar-refractivity contribution in [1.82, 2.24) is 14.9 Å². The molecule has 0 radical (unpaired) electrons. The van der Waals surface area contributed by atoms with Gasteiger partial charge in [0, 0.05) is 50.1 Å². The van der Waals surface area contributed by atoms with Crippen LogP contribution in [0, 0.1) is 6.92 Å². The summed E-state index contributed by atoms with van der Waals surface area (Å²) in [6, 6.07) is 0. The van der Waals surface area contributed by atoms with Crippen molar-refractivity contribution < 1.29 is 0 Å². The van der Waals surface area contributed by atoms with Gasteiger partial charge in [0.1, 0.15) is 5.82 Å². The average molecular weight is 238 g/mol. The van der Waals surface area contributed by atoms with Gasteiger partial charge in [-0.1, -0.05) is 0 Å². The Morgan fingerprint density at radius 2 is 2.06 bits per heavy atom. The number of thioether (sulfide) groups is 1. The fourth-order valence-electron chi connectivity index (χ4n) is 1.74. The van der Waals surface area contributed by atoms with Crippen molar-refractivity contribution >= 4 is 17.6 Å². The first kappa shape index (κ1) is 11.7. The Kier molecular flexibility index (Phi) is 4.42. The van der Waals surface area contributed by atoms with Crippen LogP contribution in [0.2, 0.25) is 0 Å². The van der Waals surface area contributed by atoms with Crippen LogP contribution in [-0.4, -0.2) is 52.6 Å². The molecule has 1 N–H and O–H groups in total. The van der Waals surface area contributed by atoms with Gasteiger partial charge in [0.05, 0.1) is 5.69 Å². The van der Waals surface area contributed by atoms with Gasteiger partial charge in [-0.2, -0.15) is 11.8 Å². The quantitative estimate of drug-likeness (QED) is 0.855. The molecule has 2 rings (SSSR count). The van der Waals surface area contributed by atoms with Crippen molar-refractivity contribution in [3.63, 3.8) is 0 Å². The maximum absolute atomic E-state index is 4.26. The molecule has 88 valence electrons. The van der Waals surface area contributed by atoms with Crippen LogP contribution in [0.1, 0.15) is 5.69 Å². The Balaban J connectivity index is 1.73. The molecule has 0 bridgehead atoms. The van der Waals surface area contributed by atoms with Crippen LogP contribution < -0.4 is 5.32 Å². The van der Waals surface area contributed by atoms with Gasteiger partial charge in [0.25, 0.3) is 0 Å². The molecule has 1 aromatic heterocycles. The molecule has 0 atom stereocenters. The van der Waals surface area contributed by atoms with Gasteiger partial charge in [0.15, 0.2) is 0 Å². The molecule has 0 unspecified atom stereocenters. The van der Waals surface area contributed by atoms with Crippen LogP contribution in [0.4, 0.5) is 5.82 Å². The van der Waals surface area contributed by atoms with Crippen molar-refractivity contribution in [2.45, 2.75) is 6.92 Å². The highest BCUT2D eigenvalue weighted by molar-refractivity contribution is 7.99. The summed E-state index contributed by atoms with van der Waals surface area (Å²) in [6.45, 7) is 6.45. The fraction of sp³-hybridized carbons (Fsp3) is 0.636. The molecular weight excluding hydrogens is 220 g/mol. The molecule has 1 saturated heterocycles. The lowest BCUT2D eigenvalue weighted by molar-refractivity contribution is 0.314. The highest BCUT2D eigenvalue weighted by atomic mass is 32.2. The number of aromatic nitrogens is 2. The van der Waals surface area contributed by atoms with Crippen LogP contribution in [0.25, 0.3) is 0 Å². The second-order valence-electron chi connectivity index (χ2n) is 3.87. The van der Waals surface area contributed by atoms with Gasteiger partial charge in [-0.25, -0.2) is 4.98 Å². The van der Waals surface area contributed by atoms with Crippen molar-refractivity contribution in [3.8, 4) is 0 Å². The zero-order chi connectivity index (χ0) is 11.2. The molecule has 0 aromatic carbocycles. The maximum atomic E-state index is 4.26. The van der Waals surface area contributed by atoms with Gasteiger partial charge in [-0.05, 0) is 6.92 Å². The molecule has 0 aliphatic carbocycles. The monoisotopic (exact) mass is 238 g/mol. The van der Waals surface area contributed by atoms with Crippen LogP contribution in [-0.2, 0) is 0 Å². The summed E-state index contributed by atoms with van der Waals surface area (Å²) in [7, 11) is 0. The minimum atomic E-state index is 0.911. The Bertz CT molecular complexity index is 326. The van der Waals surface area contributed by atoms with Crippen molar-refractivity contribution in [1.29, 1.82) is 0 Å². The molecule has 1 aliphatic rings. The van der Waals surface area contributed by atoms with E-state index in [-0.39, 0.29) is 0 Å². The number of nitrogens with zero attached hydrogens (tertiary/aromatic N) is 3. The van der Waals surface area contributed by atoms with E-state index in [1.807, 2.05) is 18.7 Å². The molecular formula is C11H18N4S. The van der Waals surface area contributed by atoms with Gasteiger partial charge in [-0.3, -0.25) is 9.88 Å². The lowest BCUT2D eigenvalue weighted by atomic mass is 10.4. The van der Waals surface area contributed by atoms with E-state index in [9.17, 15) is 0 Å². The molecule has 16 heavy (non-hydrogen) atoms. The number of aryl methyl sites for hydroxylation is 1. The second-order valence-corrected chi connectivity index (χ2v) is 5.10. The third kappa shape index (κ3) is 3.35. The van der Waals surface area contributed by atoms with E-state index in [1.165, 1.54) is 24.6 Å². The molecule has 5 heteroatoms. The standard InChI is InChI=1S/C11H18N4S/c1-10-11(13-3-2-12-10)14-4-5-15-6-8-16-9-7-15/h2-3H,4-9H2,1H3,(H,13,14). The third-order valence-corrected chi connectivity index (χ3v) is 3.65. The summed E-state index contributed by atoms with van der Waals surface area (Å²) in [5.41, 5.74) is 0.969. The van der Waals surface area contributed by atoms with E-state index in [4.69, 9.17) is 0 Å². The topological polar surface area (TPSA) is 41.1 Å². The number of rotatable bonds is 4. The molecule has 1 fully saturated rings. The fourth-order valence-corrected chi connectivity index (χ4v) is 2.72. The second kappa shape index (κ2) is 6.06. The maximum Gasteiger partial charge on any atom is 0.147 e. The van der Waals surface area contributed by atoms with E-state index in [0.29, 0.717) is 0 Å². The first-order chi connectivity index (χ1) is 7.86. The predicted octanol–water partition coefficient (Wildman–Crippen LogP) is 1.25. The highest BCUT2D eigenvalue weighted by Gasteiger charge is 2.09. The average Bonchev–Trinajstić information content (AvgIpc) is 2.33. The molecule has 0 saturated carbocycles. The minimum absolute atomic E-state index is 0.911. The van der Waals surface area contributed by atoms with Gasteiger partial charge in [-0.15, -0.1) is 0 Å². The largest absolute Gasteiger partial charge is 0.367 e. The molecule has 0 spiro atoms. The molecule has 1 aromatic rings. The van der Waals surface area contributed by atoms with Gasteiger partial charge >= 0.3 is 0 Å². The summed E-state index contributed by atoms with van der Waals surface area (Å²) in [5.74, 6) is 3.45. The van der Waals surface area contributed by atoms with Crippen molar-refractivity contribution in [2.75, 3.05) is 43.0 Å². The summed E-state index contributed by atoms with van der Waals surface area (Å²) in [6.07, 6.45) is 3.45. The van der Waals surface area contributed by atoms with E-state index in [2.05, 4.69) is 20.2 Å². The van der Waals surface area contributed by atoms with Gasteiger partial charge < -0.3 is 5.32 Å². The lowest BCUT2D eigenvalue weighted by Gasteiger charge is -2.26. The Morgan fingerprint density at radius 3 is 2.81 bits per heavy atom. The zero-order valence-electron chi connectivity index (χ0n) is 9.65. The first-order valence-corrected chi connectivity index (χ1v) is 6.83. The summed E-state index contributed by atoms with van der Waals surface area (Å²) in [5, 5.41) is 3.34. The highest BCUT2D eigenvalue weighted by Crippen LogP contribution is 2.09. The van der Waals surface area contributed by atoms with Crippen molar-refractivity contribution in [2.24, 2.45) is 0 Å². The van der Waals surface area contributed by atoms with Crippen molar-refractivity contribution in [3.05, 3.63) is 18.1 Å². The minimum Gasteiger partial charge on any atom is -0.367 e. The number of anilines is 1. The third-order valence-electron chi connectivity index (χ3n) is 2.71. The lowest BCUT2D eigenvalue weighted by Crippen LogP contribution is -2.36. The zero-order valence-corrected chi connectivity index (χ0v) is 10.5. The van der Waals surface area contributed by atoms with E-state index < -0.39 is 0 Å². The van der Waals surface area contributed by atoms with Crippen LogP contribution in [0.3, 0.4) is 0 Å². The van der Waals surface area contributed by atoms with Crippen LogP contribution >= 0.6 is 11.8 Å². The first-order valence-electron chi connectivity index (χ1n) is 5.68. The van der Waals surface area contributed by atoms with E-state index >= 15 is 0 Å². The summed E-state index contributed by atoms with van der Waals surface area (Å²) < 4.78 is 0. The van der Waals surface area contributed by atoms with E-state index in [1.54, 1.807) is 12.4 Å². The molecule has 2 heterocycles. The smallest absolute Gasteiger partial charge is 0.147 e. The SMILES string of the molecule is Cc1nccnc1NCCN1CCSCC1. The Morgan fingerprint density at radius 1 is 1.31 bits per heavy atom. The Hall–Kier alpha value is -0.810. The molecule has 1 aliphatic heterocycles. The van der Waals surface area contributed by atoms with Crippen LogP contribution in [0.15, 0.2) is 12.4 Å².